The van der Waals surface area contributed by atoms with Crippen LogP contribution in [0.2, 0.25) is 0 Å². The molecule has 9 nitrogen and oxygen atoms in total. The Kier molecular flexibility index (Phi) is 6.65. The largest absolute Gasteiger partial charge is 0.497 e. The van der Waals surface area contributed by atoms with Crippen LogP contribution in [-0.4, -0.2) is 53.4 Å². The number of nitrogens with zero attached hydrogens (tertiary/aromatic N) is 4. The fourth-order valence-electron chi connectivity index (χ4n) is 4.36. The predicted octanol–water partition coefficient (Wildman–Crippen LogP) is 0.608. The Balaban J connectivity index is 1.64. The first-order valence-corrected chi connectivity index (χ1v) is 10.8. The number of aromatic nitrogens is 4. The fraction of sp³-hybridized carbons (Fsp3) is 0.391. The smallest absolute Gasteiger partial charge is 0.220 e. The first-order chi connectivity index (χ1) is 15.6. The van der Waals surface area contributed by atoms with Crippen molar-refractivity contribution in [1.82, 2.24) is 20.2 Å². The molecule has 1 aromatic heterocycles. The van der Waals surface area contributed by atoms with E-state index in [1.165, 1.54) is 4.90 Å². The summed E-state index contributed by atoms with van der Waals surface area (Å²) in [6, 6.07) is 15.8. The van der Waals surface area contributed by atoms with Crippen molar-refractivity contribution < 1.29 is 19.2 Å². The molecule has 168 valence electrons. The molecule has 1 fully saturated rings. The van der Waals surface area contributed by atoms with Gasteiger partial charge < -0.3 is 20.1 Å². The van der Waals surface area contributed by atoms with E-state index in [1.54, 1.807) is 14.2 Å². The normalized spacial score (nSPS) is 19.3. The molecule has 2 heterocycles. The molecule has 1 saturated heterocycles. The molecule has 0 spiro atoms. The van der Waals surface area contributed by atoms with Gasteiger partial charge in [0.05, 0.1) is 33.9 Å². The average molecular weight is 438 g/mol. The van der Waals surface area contributed by atoms with E-state index in [0.29, 0.717) is 6.54 Å². The second-order valence-electron chi connectivity index (χ2n) is 8.08. The topological polar surface area (TPSA) is 110 Å². The number of nitrogens with two attached hydrogens (primary N) is 1. The maximum absolute atomic E-state index is 11.7. The quantitative estimate of drug-likeness (QED) is 0.534. The minimum absolute atomic E-state index is 0.0643. The predicted molar refractivity (Wildman–Crippen MR) is 117 cm³/mol. The van der Waals surface area contributed by atoms with Crippen LogP contribution in [0.25, 0.3) is 0 Å². The first kappa shape index (κ1) is 21.8. The number of hydrogen-bond donors (Lipinski definition) is 2. The average Bonchev–Trinajstić information content (AvgIpc) is 3.28. The Morgan fingerprint density at radius 2 is 1.66 bits per heavy atom. The van der Waals surface area contributed by atoms with Gasteiger partial charge in [-0.15, -0.1) is 5.10 Å². The number of nitrogens with one attached hydrogen (secondary N) is 1. The summed E-state index contributed by atoms with van der Waals surface area (Å²) >= 11 is 0. The van der Waals surface area contributed by atoms with Crippen molar-refractivity contribution in [3.8, 4) is 11.5 Å². The van der Waals surface area contributed by atoms with E-state index in [-0.39, 0.29) is 17.9 Å². The van der Waals surface area contributed by atoms with E-state index in [0.717, 1.165) is 54.4 Å². The molecule has 1 atom stereocenters. The number of benzene rings is 2. The summed E-state index contributed by atoms with van der Waals surface area (Å²) in [5.41, 5.74) is 7.73. The van der Waals surface area contributed by atoms with Crippen LogP contribution in [-0.2, 0) is 11.3 Å². The van der Waals surface area contributed by atoms with Crippen LogP contribution in [0.4, 0.5) is 0 Å². The van der Waals surface area contributed by atoms with Crippen molar-refractivity contribution >= 4 is 5.91 Å². The number of rotatable bonds is 8. The van der Waals surface area contributed by atoms with E-state index in [2.05, 4.69) is 27.7 Å². The minimum atomic E-state index is -0.214. The maximum atomic E-state index is 11.7. The number of methoxy groups -OCH3 is 2. The number of quaternary nitrogens is 1. The second-order valence-corrected chi connectivity index (χ2v) is 8.08. The highest BCUT2D eigenvalue weighted by molar-refractivity contribution is 5.76. The van der Waals surface area contributed by atoms with E-state index in [1.807, 2.05) is 41.1 Å². The second kappa shape index (κ2) is 9.78. The molecule has 0 radical (unpaired) electrons. The van der Waals surface area contributed by atoms with E-state index in [4.69, 9.17) is 15.2 Å². The Morgan fingerprint density at radius 1 is 1.06 bits per heavy atom. The van der Waals surface area contributed by atoms with Gasteiger partial charge in [-0.05, 0) is 52.4 Å². The molecule has 3 N–H and O–H groups in total. The molecule has 1 aliphatic rings. The summed E-state index contributed by atoms with van der Waals surface area (Å²) in [6.45, 7) is 2.19. The lowest BCUT2D eigenvalue weighted by atomic mass is 9.93. The molecule has 1 amide bonds. The Labute approximate surface area is 187 Å². The van der Waals surface area contributed by atoms with Crippen molar-refractivity contribution in [2.45, 2.75) is 25.4 Å². The van der Waals surface area contributed by atoms with Gasteiger partial charge in [0.25, 0.3) is 0 Å². The highest BCUT2D eigenvalue weighted by Crippen LogP contribution is 2.23. The number of ether oxygens (including phenoxy) is 2. The first-order valence-electron chi connectivity index (χ1n) is 10.8. The summed E-state index contributed by atoms with van der Waals surface area (Å²) in [4.78, 5) is 13.0. The standard InChI is InChI=1S/C23H28N6O3/c1-31-19-7-3-16(4-8-19)15-29-23(25-26-27-29)21(17-5-9-20(32-2)10-6-17)28-13-11-18(12-14-28)22(24)30/h3-10,18,21H,11-15H2,1-2H3,(H2,24,30)/p+1/t21-/m0/s1. The van der Waals surface area contributed by atoms with Gasteiger partial charge in [-0.2, -0.15) is 0 Å². The highest BCUT2D eigenvalue weighted by atomic mass is 16.5. The minimum Gasteiger partial charge on any atom is -0.497 e. The van der Waals surface area contributed by atoms with Gasteiger partial charge in [0.2, 0.25) is 11.7 Å². The lowest BCUT2D eigenvalue weighted by Crippen LogP contribution is -3.13. The highest BCUT2D eigenvalue weighted by Gasteiger charge is 2.36. The molecule has 3 aromatic rings. The van der Waals surface area contributed by atoms with Crippen molar-refractivity contribution in [2.75, 3.05) is 27.3 Å². The summed E-state index contributed by atoms with van der Waals surface area (Å²) in [7, 11) is 3.31. The number of piperidine rings is 1. The zero-order chi connectivity index (χ0) is 22.5. The molecular formula is C23H29N6O3+. The van der Waals surface area contributed by atoms with Crippen LogP contribution in [0.5, 0.6) is 11.5 Å². The molecule has 0 saturated carbocycles. The van der Waals surface area contributed by atoms with Crippen LogP contribution in [0.3, 0.4) is 0 Å². The van der Waals surface area contributed by atoms with Crippen molar-refractivity contribution in [3.63, 3.8) is 0 Å². The molecular weight excluding hydrogens is 408 g/mol. The van der Waals surface area contributed by atoms with E-state index >= 15 is 0 Å². The van der Waals surface area contributed by atoms with E-state index in [9.17, 15) is 4.79 Å². The number of carbonyl (C=O) groups is 1. The molecule has 0 aliphatic carbocycles. The van der Waals surface area contributed by atoms with Crippen LogP contribution in [0, 0.1) is 5.92 Å². The summed E-state index contributed by atoms with van der Waals surface area (Å²) in [6.07, 6.45) is 1.52. The molecule has 0 unspecified atom stereocenters. The van der Waals surface area contributed by atoms with Gasteiger partial charge in [-0.25, -0.2) is 4.68 Å². The van der Waals surface area contributed by atoms with E-state index < -0.39 is 0 Å². The number of carbonyl (C=O) groups excluding carboxylic acids is 1. The van der Waals surface area contributed by atoms with Crippen LogP contribution in [0.15, 0.2) is 48.5 Å². The van der Waals surface area contributed by atoms with Crippen LogP contribution >= 0.6 is 0 Å². The molecule has 0 bridgehead atoms. The van der Waals surface area contributed by atoms with Crippen LogP contribution < -0.4 is 20.1 Å². The van der Waals surface area contributed by atoms with Gasteiger partial charge in [0.15, 0.2) is 6.04 Å². The maximum Gasteiger partial charge on any atom is 0.220 e. The lowest BCUT2D eigenvalue weighted by Gasteiger charge is -2.33. The van der Waals surface area contributed by atoms with Gasteiger partial charge in [-0.1, -0.05) is 12.1 Å². The van der Waals surface area contributed by atoms with Crippen molar-refractivity contribution in [2.24, 2.45) is 11.7 Å². The number of primary amides is 1. The third kappa shape index (κ3) is 4.72. The zero-order valence-electron chi connectivity index (χ0n) is 18.4. The number of likely N-dealkylation sites (tertiary alicyclic amines) is 1. The third-order valence-electron chi connectivity index (χ3n) is 6.20. The van der Waals surface area contributed by atoms with Gasteiger partial charge in [0, 0.05) is 24.3 Å². The summed E-state index contributed by atoms with van der Waals surface area (Å²) < 4.78 is 12.4. The molecule has 9 heteroatoms. The monoisotopic (exact) mass is 437 g/mol. The third-order valence-corrected chi connectivity index (χ3v) is 6.20. The van der Waals surface area contributed by atoms with Gasteiger partial charge >= 0.3 is 0 Å². The Morgan fingerprint density at radius 3 is 2.22 bits per heavy atom. The van der Waals surface area contributed by atoms with Crippen molar-refractivity contribution in [3.05, 3.63) is 65.5 Å². The fourth-order valence-corrected chi connectivity index (χ4v) is 4.36. The summed E-state index contributed by atoms with van der Waals surface area (Å²) in [5.74, 6) is 2.12. The molecule has 2 aromatic carbocycles. The molecule has 1 aliphatic heterocycles. The number of hydrogen-bond acceptors (Lipinski definition) is 6. The Bertz CT molecular complexity index is 1030. The number of amides is 1. The van der Waals surface area contributed by atoms with Gasteiger partial charge in [0.1, 0.15) is 11.5 Å². The Hall–Kier alpha value is -3.46. The molecule has 4 rings (SSSR count). The van der Waals surface area contributed by atoms with Crippen LogP contribution in [0.1, 0.15) is 35.8 Å². The van der Waals surface area contributed by atoms with Crippen molar-refractivity contribution in [1.29, 1.82) is 0 Å². The summed E-state index contributed by atoms with van der Waals surface area (Å²) in [5, 5.41) is 12.7. The van der Waals surface area contributed by atoms with Gasteiger partial charge in [-0.3, -0.25) is 4.79 Å². The zero-order valence-corrected chi connectivity index (χ0v) is 18.4. The lowest BCUT2D eigenvalue weighted by molar-refractivity contribution is -0.931. The molecule has 32 heavy (non-hydrogen) atoms. The SMILES string of the molecule is COc1ccc(Cn2nnnc2[C@H](c2ccc(OC)cc2)[NH+]2CCC(C(N)=O)CC2)cc1. The number of tetrazole rings is 1.